The van der Waals surface area contributed by atoms with Crippen molar-refractivity contribution in [2.24, 2.45) is 5.84 Å². The van der Waals surface area contributed by atoms with Crippen molar-refractivity contribution in [3.8, 4) is 0 Å². The molecule has 3 N–H and O–H groups in total. The molecule has 1 aliphatic heterocycles. The molecule has 0 amide bonds. The summed E-state index contributed by atoms with van der Waals surface area (Å²) in [5.74, 6) is 5.36. The lowest BCUT2D eigenvalue weighted by Crippen LogP contribution is -2.39. The van der Waals surface area contributed by atoms with Gasteiger partial charge in [0.2, 0.25) is 0 Å². The molecule has 0 aromatic heterocycles. The van der Waals surface area contributed by atoms with E-state index in [0.717, 1.165) is 37.0 Å². The van der Waals surface area contributed by atoms with Crippen molar-refractivity contribution >= 4 is 0 Å². The molecule has 1 fully saturated rings. The molecule has 0 saturated carbocycles. The number of hydrogen-bond donors (Lipinski definition) is 2. The molecule has 1 aromatic carbocycles. The Morgan fingerprint density at radius 2 is 2.24 bits per heavy atom. The molecule has 4 heteroatoms. The molecule has 2 atom stereocenters. The molecule has 1 aliphatic rings. The number of rotatable bonds is 3. The quantitative estimate of drug-likeness (QED) is 0.627. The third kappa shape index (κ3) is 3.03. The molecule has 0 aliphatic carbocycles. The Morgan fingerprint density at radius 1 is 1.41 bits per heavy atom. The third-order valence-electron chi connectivity index (χ3n) is 3.19. The normalized spacial score (nSPS) is 22.4. The summed E-state index contributed by atoms with van der Waals surface area (Å²) < 4.78 is 19.1. The first-order valence-corrected chi connectivity index (χ1v) is 6.05. The minimum Gasteiger partial charge on any atom is -0.376 e. The monoisotopic (exact) mass is 238 g/mol. The first kappa shape index (κ1) is 12.5. The Morgan fingerprint density at radius 3 is 2.82 bits per heavy atom. The van der Waals surface area contributed by atoms with Gasteiger partial charge < -0.3 is 4.74 Å². The molecule has 1 aromatic rings. The summed E-state index contributed by atoms with van der Waals surface area (Å²) in [5, 5.41) is 0. The molecule has 0 radical (unpaired) electrons. The molecule has 1 heterocycles. The summed E-state index contributed by atoms with van der Waals surface area (Å²) in [6, 6.07) is 4.85. The maximum absolute atomic E-state index is 13.4. The van der Waals surface area contributed by atoms with Crippen LogP contribution < -0.4 is 11.3 Å². The summed E-state index contributed by atoms with van der Waals surface area (Å²) in [6.45, 7) is 2.64. The zero-order chi connectivity index (χ0) is 12.3. The van der Waals surface area contributed by atoms with Gasteiger partial charge in [0.1, 0.15) is 5.82 Å². The third-order valence-corrected chi connectivity index (χ3v) is 3.19. The van der Waals surface area contributed by atoms with Crippen molar-refractivity contribution in [1.82, 2.24) is 5.43 Å². The van der Waals surface area contributed by atoms with Gasteiger partial charge in [-0.05, 0) is 49.4 Å². The number of benzene rings is 1. The SMILES string of the molecule is Cc1cc(F)cc(C(NN)C2CCCCO2)c1. The lowest BCUT2D eigenvalue weighted by atomic mass is 9.95. The predicted molar refractivity (Wildman–Crippen MR) is 64.8 cm³/mol. The number of halogens is 1. The van der Waals surface area contributed by atoms with E-state index >= 15 is 0 Å². The van der Waals surface area contributed by atoms with Crippen molar-refractivity contribution in [2.75, 3.05) is 6.61 Å². The maximum Gasteiger partial charge on any atom is 0.123 e. The zero-order valence-corrected chi connectivity index (χ0v) is 10.1. The lowest BCUT2D eigenvalue weighted by Gasteiger charge is -2.30. The largest absolute Gasteiger partial charge is 0.376 e. The Kier molecular flexibility index (Phi) is 4.10. The molecule has 1 saturated heterocycles. The Balaban J connectivity index is 2.21. The summed E-state index contributed by atoms with van der Waals surface area (Å²) >= 11 is 0. The fourth-order valence-electron chi connectivity index (χ4n) is 2.39. The summed E-state index contributed by atoms with van der Waals surface area (Å²) in [7, 11) is 0. The topological polar surface area (TPSA) is 47.3 Å². The Bertz CT molecular complexity index is 357. The summed E-state index contributed by atoms with van der Waals surface area (Å²) in [6.07, 6.45) is 3.23. The summed E-state index contributed by atoms with van der Waals surface area (Å²) in [5.41, 5.74) is 4.51. The molecule has 2 rings (SSSR count). The Hall–Kier alpha value is -0.970. The second-order valence-corrected chi connectivity index (χ2v) is 4.61. The summed E-state index contributed by atoms with van der Waals surface area (Å²) in [4.78, 5) is 0. The molecule has 17 heavy (non-hydrogen) atoms. The van der Waals surface area contributed by atoms with Gasteiger partial charge >= 0.3 is 0 Å². The number of aryl methyl sites for hydroxylation is 1. The number of nitrogens with two attached hydrogens (primary N) is 1. The number of ether oxygens (including phenoxy) is 1. The number of hydrazine groups is 1. The number of hydrogen-bond acceptors (Lipinski definition) is 3. The molecule has 0 bridgehead atoms. The van der Waals surface area contributed by atoms with Crippen LogP contribution in [0.25, 0.3) is 0 Å². The minimum absolute atomic E-state index is 0.0370. The van der Waals surface area contributed by atoms with Gasteiger partial charge in [-0.25, -0.2) is 4.39 Å². The highest BCUT2D eigenvalue weighted by molar-refractivity contribution is 5.27. The molecular weight excluding hydrogens is 219 g/mol. The first-order valence-electron chi connectivity index (χ1n) is 6.05. The van der Waals surface area contributed by atoms with E-state index in [1.165, 1.54) is 12.1 Å². The van der Waals surface area contributed by atoms with Gasteiger partial charge in [0.25, 0.3) is 0 Å². The van der Waals surface area contributed by atoms with Crippen LogP contribution in [0, 0.1) is 12.7 Å². The van der Waals surface area contributed by atoms with Crippen LogP contribution in [0.2, 0.25) is 0 Å². The molecular formula is C13H19FN2O. The highest BCUT2D eigenvalue weighted by Crippen LogP contribution is 2.26. The van der Waals surface area contributed by atoms with E-state index in [-0.39, 0.29) is 18.0 Å². The standard InChI is InChI=1S/C13H19FN2O/c1-9-6-10(8-11(14)7-9)13(16-15)12-4-2-3-5-17-12/h6-8,12-13,16H,2-5,15H2,1H3. The van der Waals surface area contributed by atoms with E-state index < -0.39 is 0 Å². The average Bonchev–Trinajstić information content (AvgIpc) is 2.30. The van der Waals surface area contributed by atoms with Crippen molar-refractivity contribution in [3.05, 3.63) is 35.1 Å². The Labute approximate surface area is 101 Å². The second kappa shape index (κ2) is 5.58. The van der Waals surface area contributed by atoms with Gasteiger partial charge in [0.15, 0.2) is 0 Å². The van der Waals surface area contributed by atoms with Crippen molar-refractivity contribution in [2.45, 2.75) is 38.3 Å². The van der Waals surface area contributed by atoms with Crippen molar-refractivity contribution in [3.63, 3.8) is 0 Å². The predicted octanol–water partition coefficient (Wildman–Crippen LogP) is 2.21. The molecule has 0 spiro atoms. The average molecular weight is 238 g/mol. The number of nitrogens with one attached hydrogen (secondary N) is 1. The van der Waals surface area contributed by atoms with Gasteiger partial charge in [0, 0.05) is 6.61 Å². The fourth-order valence-corrected chi connectivity index (χ4v) is 2.39. The van der Waals surface area contributed by atoms with E-state index in [1.807, 2.05) is 13.0 Å². The van der Waals surface area contributed by atoms with E-state index in [4.69, 9.17) is 10.6 Å². The van der Waals surface area contributed by atoms with E-state index in [0.29, 0.717) is 0 Å². The van der Waals surface area contributed by atoms with Crippen LogP contribution in [0.3, 0.4) is 0 Å². The van der Waals surface area contributed by atoms with Crippen LogP contribution in [-0.2, 0) is 4.74 Å². The van der Waals surface area contributed by atoms with Crippen LogP contribution in [-0.4, -0.2) is 12.7 Å². The van der Waals surface area contributed by atoms with Crippen molar-refractivity contribution < 1.29 is 9.13 Å². The lowest BCUT2D eigenvalue weighted by molar-refractivity contribution is -0.00827. The molecule has 94 valence electrons. The maximum atomic E-state index is 13.4. The van der Waals surface area contributed by atoms with Gasteiger partial charge in [-0.15, -0.1) is 0 Å². The smallest absolute Gasteiger partial charge is 0.123 e. The van der Waals surface area contributed by atoms with Crippen LogP contribution in [0.1, 0.15) is 36.4 Å². The van der Waals surface area contributed by atoms with Crippen LogP contribution in [0.15, 0.2) is 18.2 Å². The van der Waals surface area contributed by atoms with Gasteiger partial charge in [-0.2, -0.15) is 0 Å². The minimum atomic E-state index is -0.226. The fraction of sp³-hybridized carbons (Fsp3) is 0.538. The van der Waals surface area contributed by atoms with E-state index in [9.17, 15) is 4.39 Å². The highest BCUT2D eigenvalue weighted by atomic mass is 19.1. The van der Waals surface area contributed by atoms with Gasteiger partial charge in [-0.3, -0.25) is 11.3 Å². The van der Waals surface area contributed by atoms with Crippen LogP contribution in [0.5, 0.6) is 0 Å². The van der Waals surface area contributed by atoms with E-state index in [1.54, 1.807) is 0 Å². The second-order valence-electron chi connectivity index (χ2n) is 4.61. The molecule has 3 nitrogen and oxygen atoms in total. The molecule has 2 unspecified atom stereocenters. The van der Waals surface area contributed by atoms with Gasteiger partial charge in [0.05, 0.1) is 12.1 Å². The van der Waals surface area contributed by atoms with Crippen LogP contribution in [0.4, 0.5) is 4.39 Å². The highest BCUT2D eigenvalue weighted by Gasteiger charge is 2.25. The van der Waals surface area contributed by atoms with E-state index in [2.05, 4.69) is 5.43 Å². The van der Waals surface area contributed by atoms with Gasteiger partial charge in [-0.1, -0.05) is 6.07 Å². The zero-order valence-electron chi connectivity index (χ0n) is 10.1. The van der Waals surface area contributed by atoms with Crippen LogP contribution >= 0.6 is 0 Å². The first-order chi connectivity index (χ1) is 8.20. The van der Waals surface area contributed by atoms with Crippen molar-refractivity contribution in [1.29, 1.82) is 0 Å².